The van der Waals surface area contributed by atoms with Crippen molar-refractivity contribution in [3.05, 3.63) is 0 Å². The minimum atomic E-state index is -0.608. The van der Waals surface area contributed by atoms with Gasteiger partial charge in [-0.2, -0.15) is 0 Å². The first-order chi connectivity index (χ1) is 7.12. The Bertz CT molecular complexity index is 257. The van der Waals surface area contributed by atoms with Crippen molar-refractivity contribution in [3.63, 3.8) is 0 Å². The largest absolute Gasteiger partial charge is 0.323 e. The summed E-state index contributed by atoms with van der Waals surface area (Å²) in [5.41, 5.74) is -0.608. The quantitative estimate of drug-likeness (QED) is 0.570. The van der Waals surface area contributed by atoms with Gasteiger partial charge in [0.1, 0.15) is 5.54 Å². The van der Waals surface area contributed by atoms with Crippen molar-refractivity contribution in [1.29, 1.82) is 0 Å². The molecule has 2 N–H and O–H groups in total. The predicted octanol–water partition coefficient (Wildman–Crippen LogP) is 0.316. The highest BCUT2D eigenvalue weighted by molar-refractivity contribution is 6.07. The van der Waals surface area contributed by atoms with Crippen molar-refractivity contribution < 1.29 is 9.59 Å². The Labute approximate surface area is 90.2 Å². The van der Waals surface area contributed by atoms with Gasteiger partial charge in [0.15, 0.2) is 0 Å². The first-order valence-corrected chi connectivity index (χ1v) is 5.45. The number of likely N-dealkylation sites (tertiary alicyclic amines) is 1. The molecule has 5 heteroatoms. The lowest BCUT2D eigenvalue weighted by molar-refractivity contribution is -0.125. The van der Waals surface area contributed by atoms with Gasteiger partial charge >= 0.3 is 6.03 Å². The SMILES string of the molecule is CC.CN1CCC2(CC1)NC(=O)NC2=O. The summed E-state index contributed by atoms with van der Waals surface area (Å²) in [4.78, 5) is 24.6. The summed E-state index contributed by atoms with van der Waals surface area (Å²) >= 11 is 0. The van der Waals surface area contributed by atoms with Crippen LogP contribution in [0.1, 0.15) is 26.7 Å². The van der Waals surface area contributed by atoms with Crippen LogP contribution < -0.4 is 10.6 Å². The maximum atomic E-state index is 11.5. The summed E-state index contributed by atoms with van der Waals surface area (Å²) in [7, 11) is 2.02. The standard InChI is InChI=1S/C8H13N3O2.C2H6/c1-11-4-2-8(3-5-11)6(12)9-7(13)10-8;1-2/h2-5H2,1H3,(H2,9,10,12,13);1-2H3. The Morgan fingerprint density at radius 3 is 2.13 bits per heavy atom. The number of hydrogen-bond donors (Lipinski definition) is 2. The van der Waals surface area contributed by atoms with Crippen LogP contribution in [0.3, 0.4) is 0 Å². The number of carbonyl (C=O) groups excluding carboxylic acids is 2. The topological polar surface area (TPSA) is 61.4 Å². The van der Waals surface area contributed by atoms with E-state index in [1.807, 2.05) is 20.9 Å². The molecule has 2 heterocycles. The minimum Gasteiger partial charge on any atom is -0.323 e. The molecule has 0 atom stereocenters. The number of imide groups is 1. The number of nitrogens with one attached hydrogen (secondary N) is 2. The molecule has 15 heavy (non-hydrogen) atoms. The molecule has 5 nitrogen and oxygen atoms in total. The Kier molecular flexibility index (Phi) is 3.68. The minimum absolute atomic E-state index is 0.161. The lowest BCUT2D eigenvalue weighted by atomic mass is 9.88. The third kappa shape index (κ3) is 2.28. The van der Waals surface area contributed by atoms with Gasteiger partial charge in [0.05, 0.1) is 0 Å². The van der Waals surface area contributed by atoms with Crippen molar-refractivity contribution in [2.24, 2.45) is 0 Å². The highest BCUT2D eigenvalue weighted by Gasteiger charge is 2.47. The number of rotatable bonds is 0. The van der Waals surface area contributed by atoms with E-state index < -0.39 is 5.54 Å². The van der Waals surface area contributed by atoms with Gasteiger partial charge in [-0.25, -0.2) is 4.79 Å². The molecule has 0 unspecified atom stereocenters. The number of piperidine rings is 1. The molecule has 3 amide bonds. The van der Waals surface area contributed by atoms with Crippen molar-refractivity contribution in [2.45, 2.75) is 32.2 Å². The Morgan fingerprint density at radius 1 is 1.20 bits per heavy atom. The van der Waals surface area contributed by atoms with Crippen LogP contribution in [-0.4, -0.2) is 42.5 Å². The lowest BCUT2D eigenvalue weighted by Gasteiger charge is -2.34. The van der Waals surface area contributed by atoms with E-state index in [0.717, 1.165) is 13.1 Å². The monoisotopic (exact) mass is 213 g/mol. The summed E-state index contributed by atoms with van der Waals surface area (Å²) in [6, 6.07) is -0.352. The van der Waals surface area contributed by atoms with Crippen LogP contribution in [0, 0.1) is 0 Å². The van der Waals surface area contributed by atoms with Gasteiger partial charge in [-0.1, -0.05) is 13.8 Å². The molecular formula is C10H19N3O2. The zero-order chi connectivity index (χ0) is 11.5. The number of hydrogen-bond acceptors (Lipinski definition) is 3. The molecule has 2 saturated heterocycles. The van der Waals surface area contributed by atoms with Crippen LogP contribution in [-0.2, 0) is 4.79 Å². The van der Waals surface area contributed by atoms with Crippen molar-refractivity contribution in [2.75, 3.05) is 20.1 Å². The second-order valence-corrected chi connectivity index (χ2v) is 3.79. The zero-order valence-electron chi connectivity index (χ0n) is 9.59. The zero-order valence-corrected chi connectivity index (χ0v) is 9.59. The number of nitrogens with zero attached hydrogens (tertiary/aromatic N) is 1. The van der Waals surface area contributed by atoms with Crippen LogP contribution in [0.5, 0.6) is 0 Å². The van der Waals surface area contributed by atoms with Crippen molar-refractivity contribution in [1.82, 2.24) is 15.5 Å². The third-order valence-electron chi connectivity index (χ3n) is 2.86. The molecular weight excluding hydrogens is 194 g/mol. The molecule has 2 fully saturated rings. The molecule has 0 aliphatic carbocycles. The molecule has 0 saturated carbocycles. The van der Waals surface area contributed by atoms with Crippen LogP contribution in [0.25, 0.3) is 0 Å². The summed E-state index contributed by atoms with van der Waals surface area (Å²) in [6.45, 7) is 5.71. The smallest absolute Gasteiger partial charge is 0.322 e. The molecule has 0 aromatic rings. The first-order valence-electron chi connectivity index (χ1n) is 5.45. The van der Waals surface area contributed by atoms with E-state index in [0.29, 0.717) is 12.8 Å². The van der Waals surface area contributed by atoms with Gasteiger partial charge in [0.2, 0.25) is 0 Å². The third-order valence-corrected chi connectivity index (χ3v) is 2.86. The maximum absolute atomic E-state index is 11.5. The predicted molar refractivity (Wildman–Crippen MR) is 57.5 cm³/mol. The molecule has 1 spiro atoms. The highest BCUT2D eigenvalue weighted by Crippen LogP contribution is 2.24. The normalized spacial score (nSPS) is 24.2. The average Bonchev–Trinajstić information content (AvgIpc) is 2.50. The fourth-order valence-corrected chi connectivity index (χ4v) is 1.88. The maximum Gasteiger partial charge on any atom is 0.322 e. The van der Waals surface area contributed by atoms with E-state index in [-0.39, 0.29) is 11.9 Å². The van der Waals surface area contributed by atoms with Crippen LogP contribution in [0.2, 0.25) is 0 Å². The molecule has 0 radical (unpaired) electrons. The first kappa shape index (κ1) is 12.0. The van der Waals surface area contributed by atoms with Gasteiger partial charge in [0, 0.05) is 13.1 Å². The summed E-state index contributed by atoms with van der Waals surface area (Å²) in [5.74, 6) is -0.161. The van der Waals surface area contributed by atoms with Gasteiger partial charge in [0.25, 0.3) is 5.91 Å². The lowest BCUT2D eigenvalue weighted by Crippen LogP contribution is -2.54. The fourth-order valence-electron chi connectivity index (χ4n) is 1.88. The van der Waals surface area contributed by atoms with E-state index in [1.54, 1.807) is 0 Å². The van der Waals surface area contributed by atoms with Crippen molar-refractivity contribution in [3.8, 4) is 0 Å². The van der Waals surface area contributed by atoms with Crippen LogP contribution >= 0.6 is 0 Å². The number of urea groups is 1. The second-order valence-electron chi connectivity index (χ2n) is 3.79. The van der Waals surface area contributed by atoms with Crippen LogP contribution in [0.4, 0.5) is 4.79 Å². The Balaban J connectivity index is 0.000000531. The molecule has 0 aromatic carbocycles. The van der Waals surface area contributed by atoms with Gasteiger partial charge in [-0.05, 0) is 19.9 Å². The fraction of sp³-hybridized carbons (Fsp3) is 0.800. The Morgan fingerprint density at radius 2 is 1.73 bits per heavy atom. The molecule has 2 aliphatic heterocycles. The van der Waals surface area contributed by atoms with E-state index in [4.69, 9.17) is 0 Å². The Hall–Kier alpha value is -1.10. The van der Waals surface area contributed by atoms with Crippen LogP contribution in [0.15, 0.2) is 0 Å². The molecule has 0 bridgehead atoms. The van der Waals surface area contributed by atoms with E-state index in [1.165, 1.54) is 0 Å². The molecule has 0 aromatic heterocycles. The summed E-state index contributed by atoms with van der Waals surface area (Å²) < 4.78 is 0. The average molecular weight is 213 g/mol. The second kappa shape index (κ2) is 4.61. The van der Waals surface area contributed by atoms with Gasteiger partial charge in [-0.3, -0.25) is 10.1 Å². The summed E-state index contributed by atoms with van der Waals surface area (Å²) in [5, 5.41) is 5.00. The molecule has 2 aliphatic rings. The summed E-state index contributed by atoms with van der Waals surface area (Å²) in [6.07, 6.45) is 1.42. The van der Waals surface area contributed by atoms with E-state index in [2.05, 4.69) is 15.5 Å². The van der Waals surface area contributed by atoms with Crippen molar-refractivity contribution >= 4 is 11.9 Å². The van der Waals surface area contributed by atoms with E-state index >= 15 is 0 Å². The van der Waals surface area contributed by atoms with Gasteiger partial charge in [-0.15, -0.1) is 0 Å². The number of carbonyl (C=O) groups is 2. The molecule has 86 valence electrons. The van der Waals surface area contributed by atoms with Gasteiger partial charge < -0.3 is 10.2 Å². The van der Waals surface area contributed by atoms with E-state index in [9.17, 15) is 9.59 Å². The number of amides is 3. The highest BCUT2D eigenvalue weighted by atomic mass is 16.2. The molecule has 2 rings (SSSR count).